The lowest BCUT2D eigenvalue weighted by atomic mass is 10.1. The molecule has 24 heavy (non-hydrogen) atoms. The fourth-order valence-corrected chi connectivity index (χ4v) is 2.70. The lowest BCUT2D eigenvalue weighted by molar-refractivity contribution is -0.121. The summed E-state index contributed by atoms with van der Waals surface area (Å²) in [7, 11) is 1.63. The van der Waals surface area contributed by atoms with E-state index in [1.807, 2.05) is 54.8 Å². The second kappa shape index (κ2) is 9.35. The third-order valence-corrected chi connectivity index (χ3v) is 4.54. The first-order valence-electron chi connectivity index (χ1n) is 7.84. The van der Waals surface area contributed by atoms with Gasteiger partial charge in [-0.15, -0.1) is 11.8 Å². The van der Waals surface area contributed by atoms with Gasteiger partial charge in [0.1, 0.15) is 5.75 Å². The Morgan fingerprint density at radius 2 is 1.83 bits per heavy atom. The average Bonchev–Trinajstić information content (AvgIpc) is 2.64. The molecular formula is C19H23NO3S. The SMILES string of the molecule is COc1ccc(CCC(=O)NC[C@@H](O)c2ccc(SC)cc2)cc1. The molecule has 0 heterocycles. The number of aliphatic hydroxyl groups is 1. The molecule has 2 aromatic rings. The molecule has 0 saturated carbocycles. The van der Waals surface area contributed by atoms with Gasteiger partial charge in [0.25, 0.3) is 0 Å². The highest BCUT2D eigenvalue weighted by Gasteiger charge is 2.09. The molecule has 1 amide bonds. The maximum atomic E-state index is 11.9. The number of aliphatic hydroxyl groups excluding tert-OH is 1. The Hall–Kier alpha value is -1.98. The first kappa shape index (κ1) is 18.4. The molecule has 0 unspecified atom stereocenters. The quantitative estimate of drug-likeness (QED) is 0.722. The maximum Gasteiger partial charge on any atom is 0.220 e. The summed E-state index contributed by atoms with van der Waals surface area (Å²) in [4.78, 5) is 13.1. The number of rotatable bonds is 8. The molecule has 0 bridgehead atoms. The van der Waals surface area contributed by atoms with Gasteiger partial charge in [-0.05, 0) is 48.1 Å². The molecule has 0 aliphatic heterocycles. The number of carbonyl (C=O) groups excluding carboxylic acids is 1. The van der Waals surface area contributed by atoms with E-state index in [1.54, 1.807) is 18.9 Å². The van der Waals surface area contributed by atoms with Crippen molar-refractivity contribution in [2.24, 2.45) is 0 Å². The van der Waals surface area contributed by atoms with Gasteiger partial charge in [0.2, 0.25) is 5.91 Å². The predicted molar refractivity (Wildman–Crippen MR) is 97.5 cm³/mol. The number of benzene rings is 2. The molecule has 0 radical (unpaired) electrons. The number of carbonyl (C=O) groups is 1. The van der Waals surface area contributed by atoms with Crippen LogP contribution in [-0.2, 0) is 11.2 Å². The van der Waals surface area contributed by atoms with Crippen LogP contribution in [0.25, 0.3) is 0 Å². The zero-order valence-electron chi connectivity index (χ0n) is 14.0. The monoisotopic (exact) mass is 345 g/mol. The highest BCUT2D eigenvalue weighted by atomic mass is 32.2. The van der Waals surface area contributed by atoms with Crippen LogP contribution in [0.15, 0.2) is 53.4 Å². The van der Waals surface area contributed by atoms with Crippen molar-refractivity contribution >= 4 is 17.7 Å². The molecule has 4 nitrogen and oxygen atoms in total. The van der Waals surface area contributed by atoms with Gasteiger partial charge >= 0.3 is 0 Å². The number of aryl methyl sites for hydroxylation is 1. The van der Waals surface area contributed by atoms with Crippen molar-refractivity contribution in [2.45, 2.75) is 23.8 Å². The molecular weight excluding hydrogens is 322 g/mol. The van der Waals surface area contributed by atoms with E-state index in [0.717, 1.165) is 21.8 Å². The summed E-state index contributed by atoms with van der Waals surface area (Å²) in [6.07, 6.45) is 2.37. The Labute approximate surface area is 147 Å². The third kappa shape index (κ3) is 5.58. The zero-order chi connectivity index (χ0) is 17.4. The minimum Gasteiger partial charge on any atom is -0.497 e. The van der Waals surface area contributed by atoms with Crippen molar-refractivity contribution < 1.29 is 14.6 Å². The lowest BCUT2D eigenvalue weighted by Crippen LogP contribution is -2.28. The van der Waals surface area contributed by atoms with Crippen LogP contribution in [-0.4, -0.2) is 30.9 Å². The van der Waals surface area contributed by atoms with Crippen molar-refractivity contribution in [3.05, 3.63) is 59.7 Å². The Morgan fingerprint density at radius 1 is 1.17 bits per heavy atom. The lowest BCUT2D eigenvalue weighted by Gasteiger charge is -2.13. The predicted octanol–water partition coefficient (Wildman–Crippen LogP) is 3.20. The van der Waals surface area contributed by atoms with Crippen LogP contribution in [0.2, 0.25) is 0 Å². The standard InChI is InChI=1S/C19H23NO3S/c1-23-16-8-3-14(4-9-16)5-12-19(22)20-13-18(21)15-6-10-17(24-2)11-7-15/h3-4,6-11,18,21H,5,12-13H2,1-2H3,(H,20,22)/t18-/m1/s1. The van der Waals surface area contributed by atoms with Gasteiger partial charge in [0.15, 0.2) is 0 Å². The molecule has 0 aromatic heterocycles. The van der Waals surface area contributed by atoms with Crippen molar-refractivity contribution in [3.8, 4) is 5.75 Å². The van der Waals surface area contributed by atoms with Gasteiger partial charge in [-0.2, -0.15) is 0 Å². The third-order valence-electron chi connectivity index (χ3n) is 3.79. The van der Waals surface area contributed by atoms with E-state index in [4.69, 9.17) is 4.74 Å². The van der Waals surface area contributed by atoms with E-state index < -0.39 is 6.10 Å². The Bertz CT molecular complexity index is 641. The molecule has 2 aromatic carbocycles. The second-order valence-electron chi connectivity index (χ2n) is 5.44. The van der Waals surface area contributed by atoms with Crippen LogP contribution in [0, 0.1) is 0 Å². The van der Waals surface area contributed by atoms with E-state index >= 15 is 0 Å². The Balaban J connectivity index is 1.75. The minimum absolute atomic E-state index is 0.0643. The van der Waals surface area contributed by atoms with Crippen molar-refractivity contribution in [2.75, 3.05) is 19.9 Å². The molecule has 128 valence electrons. The van der Waals surface area contributed by atoms with Crippen LogP contribution in [0.1, 0.15) is 23.7 Å². The zero-order valence-corrected chi connectivity index (χ0v) is 14.8. The largest absolute Gasteiger partial charge is 0.497 e. The topological polar surface area (TPSA) is 58.6 Å². The summed E-state index contributed by atoms with van der Waals surface area (Å²) in [6.45, 7) is 0.222. The number of nitrogens with one attached hydrogen (secondary N) is 1. The number of amides is 1. The first-order chi connectivity index (χ1) is 11.6. The normalized spacial score (nSPS) is 11.8. The van der Waals surface area contributed by atoms with Crippen LogP contribution in [0.5, 0.6) is 5.75 Å². The molecule has 0 saturated heterocycles. The maximum absolute atomic E-state index is 11.9. The second-order valence-corrected chi connectivity index (χ2v) is 6.32. The van der Waals surface area contributed by atoms with E-state index in [-0.39, 0.29) is 12.5 Å². The van der Waals surface area contributed by atoms with Gasteiger partial charge in [-0.3, -0.25) is 4.79 Å². The Morgan fingerprint density at radius 3 is 2.42 bits per heavy atom. The van der Waals surface area contributed by atoms with Gasteiger partial charge in [-0.1, -0.05) is 24.3 Å². The van der Waals surface area contributed by atoms with Crippen molar-refractivity contribution in [1.29, 1.82) is 0 Å². The summed E-state index contributed by atoms with van der Waals surface area (Å²) < 4.78 is 5.11. The van der Waals surface area contributed by atoms with Gasteiger partial charge in [0, 0.05) is 17.9 Å². The molecule has 0 spiro atoms. The summed E-state index contributed by atoms with van der Waals surface area (Å²) in [5, 5.41) is 12.9. The average molecular weight is 345 g/mol. The van der Waals surface area contributed by atoms with E-state index in [0.29, 0.717) is 12.8 Å². The van der Waals surface area contributed by atoms with Crippen molar-refractivity contribution in [3.63, 3.8) is 0 Å². The Kier molecular flexibility index (Phi) is 7.15. The molecule has 0 fully saturated rings. The van der Waals surface area contributed by atoms with Crippen LogP contribution < -0.4 is 10.1 Å². The van der Waals surface area contributed by atoms with Crippen LogP contribution in [0.4, 0.5) is 0 Å². The van der Waals surface area contributed by atoms with Gasteiger partial charge in [-0.25, -0.2) is 0 Å². The molecule has 2 N–H and O–H groups in total. The number of hydrogen-bond donors (Lipinski definition) is 2. The molecule has 0 aliphatic carbocycles. The van der Waals surface area contributed by atoms with E-state index in [2.05, 4.69) is 5.32 Å². The first-order valence-corrected chi connectivity index (χ1v) is 9.06. The highest BCUT2D eigenvalue weighted by molar-refractivity contribution is 7.98. The van der Waals surface area contributed by atoms with E-state index in [9.17, 15) is 9.90 Å². The molecule has 1 atom stereocenters. The minimum atomic E-state index is -0.689. The smallest absolute Gasteiger partial charge is 0.220 e. The van der Waals surface area contributed by atoms with Gasteiger partial charge < -0.3 is 15.2 Å². The fourth-order valence-electron chi connectivity index (χ4n) is 2.29. The van der Waals surface area contributed by atoms with E-state index in [1.165, 1.54) is 0 Å². The van der Waals surface area contributed by atoms with Gasteiger partial charge in [0.05, 0.1) is 13.2 Å². The summed E-state index contributed by atoms with van der Waals surface area (Å²) in [5.41, 5.74) is 1.89. The number of ether oxygens (including phenoxy) is 1. The molecule has 2 rings (SSSR count). The number of thioether (sulfide) groups is 1. The number of hydrogen-bond acceptors (Lipinski definition) is 4. The summed E-state index contributed by atoms with van der Waals surface area (Å²) in [6, 6.07) is 15.4. The summed E-state index contributed by atoms with van der Waals surface area (Å²) in [5.74, 6) is 0.740. The van der Waals surface area contributed by atoms with Crippen LogP contribution in [0.3, 0.4) is 0 Å². The highest BCUT2D eigenvalue weighted by Crippen LogP contribution is 2.18. The number of methoxy groups -OCH3 is 1. The molecule has 0 aliphatic rings. The fraction of sp³-hybridized carbons (Fsp3) is 0.316. The van der Waals surface area contributed by atoms with Crippen LogP contribution >= 0.6 is 11.8 Å². The molecule has 5 heteroatoms. The summed E-state index contributed by atoms with van der Waals surface area (Å²) >= 11 is 1.65. The van der Waals surface area contributed by atoms with Crippen molar-refractivity contribution in [1.82, 2.24) is 5.32 Å².